The molecule has 1 aliphatic heterocycles. The number of nitrogens with one attached hydrogen (secondary N) is 1. The van der Waals surface area contributed by atoms with Crippen molar-refractivity contribution in [2.75, 3.05) is 13.2 Å². The van der Waals surface area contributed by atoms with Gasteiger partial charge in [-0.15, -0.1) is 0 Å². The van der Waals surface area contributed by atoms with Gasteiger partial charge in [-0.1, -0.05) is 79.9 Å². The molecule has 1 aliphatic carbocycles. The third-order valence-corrected chi connectivity index (χ3v) is 5.55. The molecule has 0 saturated heterocycles. The van der Waals surface area contributed by atoms with Gasteiger partial charge in [0, 0.05) is 6.61 Å². The predicted octanol–water partition coefficient (Wildman–Crippen LogP) is 5.07. The van der Waals surface area contributed by atoms with Gasteiger partial charge >= 0.3 is 0 Å². The summed E-state index contributed by atoms with van der Waals surface area (Å²) < 4.78 is 6.03. The molecular formula is C23H28N2O. The van der Waals surface area contributed by atoms with E-state index < -0.39 is 0 Å². The SMILES string of the molecule is c1ccc([C@H]2N=C(COCC3CCCCC3)N[C@H]2c2ccccc2)cc1. The molecule has 0 radical (unpaired) electrons. The number of ether oxygens (including phenoxy) is 1. The van der Waals surface area contributed by atoms with Crippen LogP contribution in [0.1, 0.15) is 55.3 Å². The second-order valence-electron chi connectivity index (χ2n) is 7.48. The molecular weight excluding hydrogens is 320 g/mol. The highest BCUT2D eigenvalue weighted by Crippen LogP contribution is 2.36. The Hall–Kier alpha value is -2.13. The molecule has 2 atom stereocenters. The van der Waals surface area contributed by atoms with Gasteiger partial charge in [0.05, 0.1) is 6.04 Å². The molecule has 4 rings (SSSR count). The normalized spacial score (nSPS) is 23.5. The van der Waals surface area contributed by atoms with Crippen molar-refractivity contribution in [3.8, 4) is 0 Å². The van der Waals surface area contributed by atoms with Crippen LogP contribution in [0.2, 0.25) is 0 Å². The summed E-state index contributed by atoms with van der Waals surface area (Å²) in [5.74, 6) is 1.71. The summed E-state index contributed by atoms with van der Waals surface area (Å²) in [5.41, 5.74) is 2.52. The number of aliphatic imine (C=N–C) groups is 1. The fourth-order valence-corrected chi connectivity index (χ4v) is 4.14. The summed E-state index contributed by atoms with van der Waals surface area (Å²) in [6.45, 7) is 1.45. The van der Waals surface area contributed by atoms with Gasteiger partial charge in [-0.2, -0.15) is 0 Å². The molecule has 26 heavy (non-hydrogen) atoms. The number of hydrogen-bond donors (Lipinski definition) is 1. The van der Waals surface area contributed by atoms with Crippen LogP contribution in [0.5, 0.6) is 0 Å². The van der Waals surface area contributed by atoms with Gasteiger partial charge in [0.1, 0.15) is 18.5 Å². The van der Waals surface area contributed by atoms with Crippen LogP contribution < -0.4 is 5.32 Å². The van der Waals surface area contributed by atoms with Crippen LogP contribution in [0, 0.1) is 5.92 Å². The molecule has 2 aliphatic rings. The van der Waals surface area contributed by atoms with Crippen LogP contribution in [-0.2, 0) is 4.74 Å². The monoisotopic (exact) mass is 348 g/mol. The summed E-state index contributed by atoms with van der Waals surface area (Å²) in [6, 6.07) is 21.4. The lowest BCUT2D eigenvalue weighted by Crippen LogP contribution is -2.28. The van der Waals surface area contributed by atoms with Crippen LogP contribution in [0.25, 0.3) is 0 Å². The Balaban J connectivity index is 1.43. The number of amidine groups is 1. The average Bonchev–Trinajstić information content (AvgIpc) is 3.14. The summed E-state index contributed by atoms with van der Waals surface area (Å²) in [6.07, 6.45) is 6.75. The number of rotatable bonds is 6. The average molecular weight is 348 g/mol. The highest BCUT2D eigenvalue weighted by molar-refractivity contribution is 5.86. The smallest absolute Gasteiger partial charge is 0.124 e. The van der Waals surface area contributed by atoms with E-state index in [1.165, 1.54) is 43.2 Å². The molecule has 1 fully saturated rings. The first-order chi connectivity index (χ1) is 12.9. The van der Waals surface area contributed by atoms with E-state index in [1.54, 1.807) is 0 Å². The second-order valence-corrected chi connectivity index (χ2v) is 7.48. The van der Waals surface area contributed by atoms with Crippen molar-refractivity contribution in [2.24, 2.45) is 10.9 Å². The first-order valence-corrected chi connectivity index (χ1v) is 9.91. The van der Waals surface area contributed by atoms with E-state index >= 15 is 0 Å². The molecule has 0 spiro atoms. The van der Waals surface area contributed by atoms with Gasteiger partial charge in [-0.05, 0) is 29.9 Å². The maximum absolute atomic E-state index is 6.03. The molecule has 136 valence electrons. The Kier molecular flexibility index (Phi) is 5.65. The maximum atomic E-state index is 6.03. The number of nitrogens with zero attached hydrogens (tertiary/aromatic N) is 1. The highest BCUT2D eigenvalue weighted by Gasteiger charge is 2.31. The van der Waals surface area contributed by atoms with E-state index in [-0.39, 0.29) is 12.1 Å². The van der Waals surface area contributed by atoms with Gasteiger partial charge in [0.15, 0.2) is 0 Å². The molecule has 1 heterocycles. The molecule has 3 nitrogen and oxygen atoms in total. The highest BCUT2D eigenvalue weighted by atomic mass is 16.5. The van der Waals surface area contributed by atoms with E-state index in [2.05, 4.69) is 66.0 Å². The molecule has 1 N–H and O–H groups in total. The van der Waals surface area contributed by atoms with Gasteiger partial charge < -0.3 is 10.1 Å². The zero-order valence-corrected chi connectivity index (χ0v) is 15.3. The van der Waals surface area contributed by atoms with Crippen molar-refractivity contribution in [2.45, 2.75) is 44.2 Å². The van der Waals surface area contributed by atoms with Crippen molar-refractivity contribution < 1.29 is 4.74 Å². The van der Waals surface area contributed by atoms with Crippen LogP contribution >= 0.6 is 0 Å². The van der Waals surface area contributed by atoms with E-state index in [1.807, 2.05) is 0 Å². The Morgan fingerprint density at radius 2 is 1.50 bits per heavy atom. The van der Waals surface area contributed by atoms with E-state index in [0.29, 0.717) is 6.61 Å². The molecule has 0 aromatic heterocycles. The van der Waals surface area contributed by atoms with Crippen LogP contribution in [0.3, 0.4) is 0 Å². The Morgan fingerprint density at radius 3 is 2.19 bits per heavy atom. The molecule has 1 saturated carbocycles. The third kappa shape index (κ3) is 4.16. The van der Waals surface area contributed by atoms with E-state index in [4.69, 9.17) is 9.73 Å². The van der Waals surface area contributed by atoms with Gasteiger partial charge in [-0.25, -0.2) is 0 Å². The van der Waals surface area contributed by atoms with E-state index in [0.717, 1.165) is 18.4 Å². The fourth-order valence-electron chi connectivity index (χ4n) is 4.14. The van der Waals surface area contributed by atoms with Crippen molar-refractivity contribution >= 4 is 5.84 Å². The van der Waals surface area contributed by atoms with Crippen LogP contribution in [-0.4, -0.2) is 19.0 Å². The first kappa shape index (κ1) is 17.3. The first-order valence-electron chi connectivity index (χ1n) is 9.91. The lowest BCUT2D eigenvalue weighted by molar-refractivity contribution is 0.111. The molecule has 3 heteroatoms. The Labute approximate surface area is 156 Å². The van der Waals surface area contributed by atoms with Crippen molar-refractivity contribution in [3.05, 3.63) is 71.8 Å². The molecule has 0 unspecified atom stereocenters. The largest absolute Gasteiger partial charge is 0.373 e. The second kappa shape index (κ2) is 8.50. The van der Waals surface area contributed by atoms with Gasteiger partial charge in [-0.3, -0.25) is 4.99 Å². The van der Waals surface area contributed by atoms with Gasteiger partial charge in [0.2, 0.25) is 0 Å². The quantitative estimate of drug-likeness (QED) is 0.791. The minimum Gasteiger partial charge on any atom is -0.373 e. The zero-order valence-electron chi connectivity index (χ0n) is 15.3. The van der Waals surface area contributed by atoms with Crippen LogP contribution in [0.4, 0.5) is 0 Å². The van der Waals surface area contributed by atoms with E-state index in [9.17, 15) is 0 Å². The standard InChI is InChI=1S/C23H28N2O/c1-4-10-18(11-5-1)16-26-17-21-24-22(19-12-6-2-7-13-19)23(25-21)20-14-8-3-9-15-20/h2-3,6-9,12-15,18,22-23H,1,4-5,10-11,16-17H2,(H,24,25)/t22-,23+. The maximum Gasteiger partial charge on any atom is 0.124 e. The minimum absolute atomic E-state index is 0.104. The van der Waals surface area contributed by atoms with Crippen molar-refractivity contribution in [3.63, 3.8) is 0 Å². The molecule has 0 bridgehead atoms. The number of hydrogen-bond acceptors (Lipinski definition) is 3. The summed E-state index contributed by atoms with van der Waals surface area (Å²) in [4.78, 5) is 4.98. The van der Waals surface area contributed by atoms with Crippen molar-refractivity contribution in [1.29, 1.82) is 0 Å². The van der Waals surface area contributed by atoms with Crippen molar-refractivity contribution in [1.82, 2.24) is 5.32 Å². The topological polar surface area (TPSA) is 33.6 Å². The Morgan fingerprint density at radius 1 is 0.846 bits per heavy atom. The molecule has 0 amide bonds. The van der Waals surface area contributed by atoms with Crippen LogP contribution in [0.15, 0.2) is 65.7 Å². The summed E-state index contributed by atoms with van der Waals surface area (Å²) in [5, 5.41) is 3.62. The lowest BCUT2D eigenvalue weighted by Gasteiger charge is -2.21. The van der Waals surface area contributed by atoms with Gasteiger partial charge in [0.25, 0.3) is 0 Å². The third-order valence-electron chi connectivity index (χ3n) is 5.55. The summed E-state index contributed by atoms with van der Waals surface area (Å²) >= 11 is 0. The molecule has 2 aromatic rings. The zero-order chi connectivity index (χ0) is 17.6. The summed E-state index contributed by atoms with van der Waals surface area (Å²) in [7, 11) is 0. The Bertz CT molecular complexity index is 708. The molecule has 2 aromatic carbocycles. The predicted molar refractivity (Wildman–Crippen MR) is 106 cm³/mol. The lowest BCUT2D eigenvalue weighted by atomic mass is 9.90. The fraction of sp³-hybridized carbons (Fsp3) is 0.435. The minimum atomic E-state index is 0.104. The number of benzene rings is 2.